The summed E-state index contributed by atoms with van der Waals surface area (Å²) in [6.07, 6.45) is 0. The fourth-order valence-electron chi connectivity index (χ4n) is 2.57. The number of fused-ring (bicyclic) bond motifs is 1. The summed E-state index contributed by atoms with van der Waals surface area (Å²) in [4.78, 5) is 30.1. The molecule has 2 N–H and O–H groups in total. The standard InChI is InChI=1S/C20H14ClN3O3S/c1-11(23)14(9-22)17(25)10-27-20(26)13-8-16(18-6-7-19(21)28-18)24-15-5-3-2-4-12(13)15/h2-8H,10,23H2,1H3/b14-11+. The second-order valence-electron chi connectivity index (χ2n) is 5.85. The number of hydrogen-bond donors (Lipinski definition) is 1. The van der Waals surface area contributed by atoms with Gasteiger partial charge in [0, 0.05) is 11.1 Å². The molecule has 2 heterocycles. The molecule has 0 unspecified atom stereocenters. The number of thiophene rings is 1. The van der Waals surface area contributed by atoms with E-state index in [1.54, 1.807) is 36.4 Å². The van der Waals surface area contributed by atoms with Crippen molar-refractivity contribution in [2.45, 2.75) is 6.92 Å². The van der Waals surface area contributed by atoms with Crippen molar-refractivity contribution in [1.82, 2.24) is 4.98 Å². The maximum absolute atomic E-state index is 12.7. The number of halogens is 1. The van der Waals surface area contributed by atoms with Crippen LogP contribution in [-0.4, -0.2) is 23.3 Å². The summed E-state index contributed by atoms with van der Waals surface area (Å²) in [5.74, 6) is -1.35. The Kier molecular flexibility index (Phi) is 5.73. The third kappa shape index (κ3) is 4.03. The van der Waals surface area contributed by atoms with Crippen LogP contribution in [0.1, 0.15) is 17.3 Å². The number of carbonyl (C=O) groups excluding carboxylic acids is 2. The first kappa shape index (κ1) is 19.5. The SMILES string of the molecule is C/C(N)=C(/C#N)C(=O)COC(=O)c1cc(-c2ccc(Cl)s2)nc2ccccc12. The summed E-state index contributed by atoms with van der Waals surface area (Å²) in [5, 5.41) is 9.58. The molecule has 0 fully saturated rings. The number of Topliss-reactive ketones (excluding diaryl/α,β-unsaturated/α-hetero) is 1. The zero-order chi connectivity index (χ0) is 20.3. The summed E-state index contributed by atoms with van der Waals surface area (Å²) >= 11 is 7.34. The number of allylic oxidation sites excluding steroid dienone is 1. The van der Waals surface area contributed by atoms with Gasteiger partial charge in [-0.3, -0.25) is 4.79 Å². The molecule has 0 aliphatic carbocycles. The first-order chi connectivity index (χ1) is 13.4. The Labute approximate surface area is 169 Å². The van der Waals surface area contributed by atoms with Crippen LogP contribution in [0.4, 0.5) is 0 Å². The Morgan fingerprint density at radius 1 is 1.29 bits per heavy atom. The van der Waals surface area contributed by atoms with Crippen LogP contribution in [0.3, 0.4) is 0 Å². The van der Waals surface area contributed by atoms with Crippen molar-refractivity contribution in [3.8, 4) is 16.6 Å². The van der Waals surface area contributed by atoms with E-state index in [0.717, 1.165) is 4.88 Å². The lowest BCUT2D eigenvalue weighted by atomic mass is 10.1. The average molecular weight is 412 g/mol. The molecule has 0 bridgehead atoms. The van der Waals surface area contributed by atoms with Gasteiger partial charge in [0.05, 0.1) is 26.0 Å². The molecule has 0 saturated heterocycles. The topological polar surface area (TPSA) is 106 Å². The van der Waals surface area contributed by atoms with Gasteiger partial charge in [-0.15, -0.1) is 11.3 Å². The molecule has 0 amide bonds. The Bertz CT molecular complexity index is 1160. The second kappa shape index (κ2) is 8.21. The van der Waals surface area contributed by atoms with Gasteiger partial charge >= 0.3 is 5.97 Å². The molecule has 28 heavy (non-hydrogen) atoms. The van der Waals surface area contributed by atoms with Crippen molar-refractivity contribution in [1.29, 1.82) is 5.26 Å². The Balaban J connectivity index is 1.95. The van der Waals surface area contributed by atoms with Crippen molar-refractivity contribution in [2.75, 3.05) is 6.61 Å². The van der Waals surface area contributed by atoms with Gasteiger partial charge in [-0.25, -0.2) is 9.78 Å². The van der Waals surface area contributed by atoms with Crippen molar-refractivity contribution in [3.63, 3.8) is 0 Å². The van der Waals surface area contributed by atoms with E-state index in [0.29, 0.717) is 20.9 Å². The zero-order valence-electron chi connectivity index (χ0n) is 14.7. The monoisotopic (exact) mass is 411 g/mol. The number of esters is 1. The largest absolute Gasteiger partial charge is 0.454 e. The summed E-state index contributed by atoms with van der Waals surface area (Å²) < 4.78 is 5.75. The molecular formula is C20H14ClN3O3S. The fourth-order valence-corrected chi connectivity index (χ4v) is 3.58. The third-order valence-electron chi connectivity index (χ3n) is 3.88. The number of para-hydroxylation sites is 1. The normalized spacial score (nSPS) is 11.6. The van der Waals surface area contributed by atoms with Gasteiger partial charge in [0.1, 0.15) is 11.6 Å². The number of pyridine rings is 1. The van der Waals surface area contributed by atoms with Gasteiger partial charge in [0.25, 0.3) is 0 Å². The van der Waals surface area contributed by atoms with Gasteiger partial charge in [-0.05, 0) is 31.2 Å². The third-order valence-corrected chi connectivity index (χ3v) is 5.13. The quantitative estimate of drug-likeness (QED) is 0.385. The van der Waals surface area contributed by atoms with Crippen LogP contribution >= 0.6 is 22.9 Å². The summed E-state index contributed by atoms with van der Waals surface area (Å²) in [6, 6.07) is 14.0. The Hall–Kier alpha value is -3.21. The minimum absolute atomic E-state index is 0.0785. The first-order valence-corrected chi connectivity index (χ1v) is 9.32. The van der Waals surface area contributed by atoms with Crippen molar-refractivity contribution < 1.29 is 14.3 Å². The number of nitrogens with two attached hydrogens (primary N) is 1. The van der Waals surface area contributed by atoms with E-state index >= 15 is 0 Å². The van der Waals surface area contributed by atoms with Gasteiger partial charge in [0.2, 0.25) is 5.78 Å². The first-order valence-electron chi connectivity index (χ1n) is 8.13. The van der Waals surface area contributed by atoms with E-state index in [2.05, 4.69) is 4.98 Å². The smallest absolute Gasteiger partial charge is 0.339 e. The molecule has 0 atom stereocenters. The second-order valence-corrected chi connectivity index (χ2v) is 7.56. The highest BCUT2D eigenvalue weighted by Gasteiger charge is 2.19. The Morgan fingerprint density at radius 3 is 2.68 bits per heavy atom. The van der Waals surface area contributed by atoms with Crippen LogP contribution in [0.25, 0.3) is 21.5 Å². The molecule has 6 nitrogen and oxygen atoms in total. The number of ketones is 1. The molecule has 2 aromatic heterocycles. The molecule has 0 radical (unpaired) electrons. The number of ether oxygens (including phenoxy) is 1. The van der Waals surface area contributed by atoms with E-state index in [4.69, 9.17) is 27.3 Å². The van der Waals surface area contributed by atoms with Gasteiger partial charge in [-0.1, -0.05) is 29.8 Å². The number of benzene rings is 1. The minimum Gasteiger partial charge on any atom is -0.454 e. The lowest BCUT2D eigenvalue weighted by Crippen LogP contribution is -2.18. The van der Waals surface area contributed by atoms with E-state index in [1.807, 2.05) is 12.1 Å². The predicted octanol–water partition coefficient (Wildman–Crippen LogP) is 4.10. The molecular weight excluding hydrogens is 398 g/mol. The number of nitriles is 1. The number of nitrogens with zero attached hydrogens (tertiary/aromatic N) is 2. The summed E-state index contributed by atoms with van der Waals surface area (Å²) in [5.41, 5.74) is 6.81. The van der Waals surface area contributed by atoms with Gasteiger partial charge in [-0.2, -0.15) is 5.26 Å². The average Bonchev–Trinajstić information content (AvgIpc) is 3.12. The molecule has 3 rings (SSSR count). The van der Waals surface area contributed by atoms with E-state index in [1.165, 1.54) is 18.3 Å². The molecule has 3 aromatic rings. The highest BCUT2D eigenvalue weighted by Crippen LogP contribution is 2.32. The van der Waals surface area contributed by atoms with Crippen LogP contribution in [0, 0.1) is 11.3 Å². The lowest BCUT2D eigenvalue weighted by Gasteiger charge is -2.09. The molecule has 0 saturated carbocycles. The number of aromatic nitrogens is 1. The van der Waals surface area contributed by atoms with Crippen molar-refractivity contribution >= 4 is 45.6 Å². The van der Waals surface area contributed by atoms with Gasteiger partial charge < -0.3 is 10.5 Å². The van der Waals surface area contributed by atoms with Crippen LogP contribution in [0.5, 0.6) is 0 Å². The minimum atomic E-state index is -0.692. The van der Waals surface area contributed by atoms with Crippen LogP contribution in [-0.2, 0) is 9.53 Å². The molecule has 1 aromatic carbocycles. The van der Waals surface area contributed by atoms with Crippen LogP contribution in [0.15, 0.2) is 53.7 Å². The summed E-state index contributed by atoms with van der Waals surface area (Å²) in [7, 11) is 0. The van der Waals surface area contributed by atoms with Gasteiger partial charge in [0.15, 0.2) is 6.61 Å². The Morgan fingerprint density at radius 2 is 2.04 bits per heavy atom. The summed E-state index contributed by atoms with van der Waals surface area (Å²) in [6.45, 7) is 0.861. The van der Waals surface area contributed by atoms with Crippen LogP contribution in [0.2, 0.25) is 4.34 Å². The maximum Gasteiger partial charge on any atom is 0.339 e. The van der Waals surface area contributed by atoms with E-state index in [9.17, 15) is 9.59 Å². The van der Waals surface area contributed by atoms with E-state index < -0.39 is 18.4 Å². The van der Waals surface area contributed by atoms with Crippen molar-refractivity contribution in [3.05, 3.63) is 63.6 Å². The number of carbonyl (C=O) groups is 2. The lowest BCUT2D eigenvalue weighted by molar-refractivity contribution is -0.118. The fraction of sp³-hybridized carbons (Fsp3) is 0.100. The maximum atomic E-state index is 12.7. The highest BCUT2D eigenvalue weighted by atomic mass is 35.5. The van der Waals surface area contributed by atoms with Crippen molar-refractivity contribution in [2.24, 2.45) is 5.73 Å². The number of rotatable bonds is 5. The number of hydrogen-bond acceptors (Lipinski definition) is 7. The molecule has 0 spiro atoms. The van der Waals surface area contributed by atoms with Crippen LogP contribution < -0.4 is 5.73 Å². The molecule has 140 valence electrons. The predicted molar refractivity (Wildman–Crippen MR) is 108 cm³/mol. The van der Waals surface area contributed by atoms with E-state index in [-0.39, 0.29) is 16.8 Å². The molecule has 0 aliphatic heterocycles. The highest BCUT2D eigenvalue weighted by molar-refractivity contribution is 7.19. The zero-order valence-corrected chi connectivity index (χ0v) is 16.3. The molecule has 8 heteroatoms. The molecule has 0 aliphatic rings.